The summed E-state index contributed by atoms with van der Waals surface area (Å²) in [5.41, 5.74) is 2.75. The highest BCUT2D eigenvalue weighted by atomic mass is 16.4. The minimum atomic E-state index is -0.588. The van der Waals surface area contributed by atoms with Gasteiger partial charge in [0.2, 0.25) is 11.8 Å². The van der Waals surface area contributed by atoms with Gasteiger partial charge >= 0.3 is 6.03 Å². The number of amides is 4. The first kappa shape index (κ1) is 25.0. The third-order valence-electron chi connectivity index (χ3n) is 5.27. The van der Waals surface area contributed by atoms with E-state index in [9.17, 15) is 14.4 Å². The largest absolute Gasteiger partial charge is 0.411 e. The normalized spacial score (nSPS) is 10.9. The summed E-state index contributed by atoms with van der Waals surface area (Å²) in [5.74, 6) is -0.728. The number of nitrogens with zero attached hydrogens (tertiary/aromatic N) is 3. The van der Waals surface area contributed by atoms with E-state index in [-0.39, 0.29) is 19.0 Å². The number of hydrogen-bond donors (Lipinski definition) is 3. The number of carbonyl (C=O) groups excluding carboxylic acids is 3. The predicted octanol–water partition coefficient (Wildman–Crippen LogP) is 3.70. The molecule has 35 heavy (non-hydrogen) atoms. The van der Waals surface area contributed by atoms with Gasteiger partial charge in [0, 0.05) is 29.7 Å². The Hall–Kier alpha value is -4.66. The van der Waals surface area contributed by atoms with Crippen molar-refractivity contribution in [1.82, 2.24) is 5.32 Å². The fraction of sp³-hybridized carbons (Fsp3) is 0.154. The number of anilines is 3. The average Bonchev–Trinajstić information content (AvgIpc) is 2.90. The van der Waals surface area contributed by atoms with Crippen molar-refractivity contribution in [2.24, 2.45) is 5.16 Å². The lowest BCUT2D eigenvalue weighted by atomic mass is 10.1. The van der Waals surface area contributed by atoms with E-state index in [2.05, 4.69) is 15.8 Å². The maximum absolute atomic E-state index is 13.0. The number of nitrogens with one attached hydrogen (secondary N) is 2. The number of oxime groups is 1. The van der Waals surface area contributed by atoms with Gasteiger partial charge in [-0.2, -0.15) is 0 Å². The number of para-hydroxylation sites is 2. The molecule has 0 saturated heterocycles. The lowest BCUT2D eigenvalue weighted by Crippen LogP contribution is -2.46. The second-order valence-electron chi connectivity index (χ2n) is 7.68. The fourth-order valence-electron chi connectivity index (χ4n) is 3.27. The third kappa shape index (κ3) is 6.91. The fourth-order valence-corrected chi connectivity index (χ4v) is 3.27. The van der Waals surface area contributed by atoms with Crippen LogP contribution in [-0.2, 0) is 9.59 Å². The number of hydrogen-bond acceptors (Lipinski definition) is 5. The molecule has 3 aromatic carbocycles. The topological polar surface area (TPSA) is 114 Å². The molecule has 0 fully saturated rings. The second kappa shape index (κ2) is 12.0. The first-order valence-electron chi connectivity index (χ1n) is 10.9. The lowest BCUT2D eigenvalue weighted by molar-refractivity contribution is -0.121. The molecule has 4 amide bonds. The first-order chi connectivity index (χ1) is 16.9. The molecule has 3 aromatic rings. The molecule has 0 saturated carbocycles. The Morgan fingerprint density at radius 3 is 2.11 bits per heavy atom. The lowest BCUT2D eigenvalue weighted by Gasteiger charge is -2.25. The van der Waals surface area contributed by atoms with Crippen LogP contribution in [0.3, 0.4) is 0 Å². The molecule has 0 aliphatic carbocycles. The number of rotatable bonds is 8. The van der Waals surface area contributed by atoms with Crippen LogP contribution < -0.4 is 20.4 Å². The maximum Gasteiger partial charge on any atom is 0.319 e. The van der Waals surface area contributed by atoms with Gasteiger partial charge in [-0.05, 0) is 43.3 Å². The zero-order valence-corrected chi connectivity index (χ0v) is 19.5. The monoisotopic (exact) mass is 473 g/mol. The van der Waals surface area contributed by atoms with Crippen LogP contribution in [0.5, 0.6) is 0 Å². The Bertz CT molecular complexity index is 1200. The van der Waals surface area contributed by atoms with Gasteiger partial charge in [0.25, 0.3) is 0 Å². The number of likely N-dealkylation sites (N-methyl/N-ethyl adjacent to an activating group) is 1. The van der Waals surface area contributed by atoms with E-state index in [0.29, 0.717) is 28.3 Å². The van der Waals surface area contributed by atoms with Gasteiger partial charge in [0.15, 0.2) is 0 Å². The molecular formula is C26H27N5O4. The highest BCUT2D eigenvalue weighted by Gasteiger charge is 2.22. The highest BCUT2D eigenvalue weighted by molar-refractivity contribution is 6.05. The molecule has 9 nitrogen and oxygen atoms in total. The van der Waals surface area contributed by atoms with Gasteiger partial charge in [-0.25, -0.2) is 4.79 Å². The van der Waals surface area contributed by atoms with E-state index in [1.165, 1.54) is 9.80 Å². The zero-order valence-electron chi connectivity index (χ0n) is 19.5. The molecule has 0 bridgehead atoms. The minimum Gasteiger partial charge on any atom is -0.411 e. The van der Waals surface area contributed by atoms with E-state index in [1.807, 2.05) is 24.3 Å². The molecule has 0 aliphatic rings. The van der Waals surface area contributed by atoms with Crippen molar-refractivity contribution in [3.8, 4) is 0 Å². The molecule has 180 valence electrons. The molecule has 9 heteroatoms. The molecule has 3 rings (SSSR count). The SMILES string of the molecule is C/C(=N/O)c1cccc(NC(=O)NCC(=O)N(CC(=O)N(C)c2ccccc2)c2ccccc2)c1. The Kier molecular flexibility index (Phi) is 8.55. The number of carbonyl (C=O) groups is 3. The minimum absolute atomic E-state index is 0.195. The summed E-state index contributed by atoms with van der Waals surface area (Å²) in [5, 5.41) is 17.3. The van der Waals surface area contributed by atoms with Crippen LogP contribution in [0.15, 0.2) is 90.1 Å². The van der Waals surface area contributed by atoms with Crippen LogP contribution in [0.25, 0.3) is 0 Å². The molecule has 0 aliphatic heterocycles. The van der Waals surface area contributed by atoms with E-state index in [1.54, 1.807) is 74.6 Å². The summed E-state index contributed by atoms with van der Waals surface area (Å²) in [6.45, 7) is 1.12. The second-order valence-corrected chi connectivity index (χ2v) is 7.68. The van der Waals surface area contributed by atoms with Crippen molar-refractivity contribution in [1.29, 1.82) is 0 Å². The number of urea groups is 1. The molecule has 0 spiro atoms. The Morgan fingerprint density at radius 2 is 1.49 bits per heavy atom. The van der Waals surface area contributed by atoms with Crippen LogP contribution >= 0.6 is 0 Å². The third-order valence-corrected chi connectivity index (χ3v) is 5.27. The van der Waals surface area contributed by atoms with E-state index in [0.717, 1.165) is 0 Å². The summed E-state index contributed by atoms with van der Waals surface area (Å²) in [7, 11) is 1.65. The Balaban J connectivity index is 1.66. The van der Waals surface area contributed by atoms with Gasteiger partial charge in [0.05, 0.1) is 12.3 Å². The van der Waals surface area contributed by atoms with Crippen LogP contribution in [0, 0.1) is 0 Å². The first-order valence-corrected chi connectivity index (χ1v) is 10.9. The molecule has 0 aromatic heterocycles. The van der Waals surface area contributed by atoms with Gasteiger partial charge < -0.3 is 25.6 Å². The quantitative estimate of drug-likeness (QED) is 0.263. The van der Waals surface area contributed by atoms with Crippen LogP contribution in [-0.4, -0.2) is 48.9 Å². The van der Waals surface area contributed by atoms with Crippen LogP contribution in [0.4, 0.5) is 21.9 Å². The molecule has 0 radical (unpaired) electrons. The van der Waals surface area contributed by atoms with Gasteiger partial charge in [-0.15, -0.1) is 0 Å². The predicted molar refractivity (Wildman–Crippen MR) is 136 cm³/mol. The maximum atomic E-state index is 13.0. The summed E-state index contributed by atoms with van der Waals surface area (Å²) in [6, 6.07) is 24.1. The zero-order chi connectivity index (χ0) is 25.2. The van der Waals surface area contributed by atoms with Gasteiger partial charge in [0.1, 0.15) is 6.54 Å². The van der Waals surface area contributed by atoms with Crippen molar-refractivity contribution < 1.29 is 19.6 Å². The average molecular weight is 474 g/mol. The molecular weight excluding hydrogens is 446 g/mol. The molecule has 0 heterocycles. The standard InChI is InChI=1S/C26H27N5O4/c1-19(29-35)20-10-9-11-21(16-20)28-26(34)27-17-24(32)31(23-14-7-4-8-15-23)18-25(33)30(2)22-12-5-3-6-13-22/h3-16,35H,17-18H2,1-2H3,(H2,27,28,34)/b29-19-. The molecule has 3 N–H and O–H groups in total. The van der Waals surface area contributed by atoms with E-state index in [4.69, 9.17) is 5.21 Å². The Morgan fingerprint density at radius 1 is 0.857 bits per heavy atom. The van der Waals surface area contributed by atoms with Crippen molar-refractivity contribution >= 4 is 40.6 Å². The smallest absolute Gasteiger partial charge is 0.319 e. The number of benzene rings is 3. The van der Waals surface area contributed by atoms with E-state index >= 15 is 0 Å². The van der Waals surface area contributed by atoms with Crippen molar-refractivity contribution in [2.45, 2.75) is 6.92 Å². The molecule has 0 atom stereocenters. The summed E-state index contributed by atoms with van der Waals surface area (Å²) in [4.78, 5) is 41.2. The van der Waals surface area contributed by atoms with Crippen molar-refractivity contribution in [2.75, 3.05) is 35.3 Å². The molecule has 0 unspecified atom stereocenters. The van der Waals surface area contributed by atoms with Crippen molar-refractivity contribution in [3.63, 3.8) is 0 Å². The van der Waals surface area contributed by atoms with Crippen molar-refractivity contribution in [3.05, 3.63) is 90.5 Å². The van der Waals surface area contributed by atoms with Gasteiger partial charge in [-0.3, -0.25) is 9.59 Å². The van der Waals surface area contributed by atoms with Gasteiger partial charge in [-0.1, -0.05) is 53.7 Å². The summed E-state index contributed by atoms with van der Waals surface area (Å²) < 4.78 is 0. The summed E-state index contributed by atoms with van der Waals surface area (Å²) >= 11 is 0. The summed E-state index contributed by atoms with van der Waals surface area (Å²) in [6.07, 6.45) is 0. The van der Waals surface area contributed by atoms with Crippen LogP contribution in [0.2, 0.25) is 0 Å². The van der Waals surface area contributed by atoms with Crippen LogP contribution in [0.1, 0.15) is 12.5 Å². The van der Waals surface area contributed by atoms with E-state index < -0.39 is 11.9 Å². The highest BCUT2D eigenvalue weighted by Crippen LogP contribution is 2.16. The Labute approximate surface area is 203 Å².